The quantitative estimate of drug-likeness (QED) is 0.238. The lowest BCUT2D eigenvalue weighted by atomic mass is 9.94. The molecule has 2 N–H and O–H groups in total. The first-order valence-electron chi connectivity index (χ1n) is 13.0. The lowest BCUT2D eigenvalue weighted by Gasteiger charge is -2.28. The number of nitrogens with zero attached hydrogens (tertiary/aromatic N) is 2. The van der Waals surface area contributed by atoms with Crippen LogP contribution in [0.25, 0.3) is 10.6 Å². The van der Waals surface area contributed by atoms with Crippen LogP contribution in [0.4, 0.5) is 0 Å². The Morgan fingerprint density at radius 1 is 1.02 bits per heavy atom. The molecule has 1 unspecified atom stereocenters. The van der Waals surface area contributed by atoms with Crippen molar-refractivity contribution in [3.05, 3.63) is 111 Å². The molecule has 0 saturated carbocycles. The molecule has 0 spiro atoms. The number of ether oxygens (including phenoxy) is 1. The van der Waals surface area contributed by atoms with Crippen molar-refractivity contribution in [2.45, 2.75) is 40.3 Å². The summed E-state index contributed by atoms with van der Waals surface area (Å²) in [6.07, 6.45) is 0. The molecule has 40 heavy (non-hydrogen) atoms. The third-order valence-corrected chi connectivity index (χ3v) is 8.22. The number of carbonyl (C=O) groups excluding carboxylic acids is 2. The van der Waals surface area contributed by atoms with E-state index in [2.05, 4.69) is 4.98 Å². The molecule has 2 heterocycles. The first-order chi connectivity index (χ1) is 19.2. The number of rotatable bonds is 8. The zero-order valence-corrected chi connectivity index (χ0v) is 23.6. The van der Waals surface area contributed by atoms with Gasteiger partial charge < -0.3 is 19.8 Å². The molecule has 4 aromatic rings. The highest BCUT2D eigenvalue weighted by Crippen LogP contribution is 2.43. The van der Waals surface area contributed by atoms with Crippen molar-refractivity contribution in [1.82, 2.24) is 9.88 Å². The second kappa shape index (κ2) is 11.0. The largest absolute Gasteiger partial charge is 0.504 e. The summed E-state index contributed by atoms with van der Waals surface area (Å²) >= 11 is 1.23. The highest BCUT2D eigenvalue weighted by atomic mass is 32.1. The number of hydrogen-bond acceptors (Lipinski definition) is 7. The number of aryl methyl sites for hydroxylation is 3. The molecule has 5 rings (SSSR count). The van der Waals surface area contributed by atoms with Gasteiger partial charge in [-0.05, 0) is 56.5 Å². The number of amides is 1. The fourth-order valence-corrected chi connectivity index (χ4v) is 5.98. The summed E-state index contributed by atoms with van der Waals surface area (Å²) in [5, 5.41) is 22.2. The number of aromatic nitrogens is 1. The Kier molecular flexibility index (Phi) is 7.45. The summed E-state index contributed by atoms with van der Waals surface area (Å²) < 4.78 is 5.61. The van der Waals surface area contributed by atoms with E-state index in [9.17, 15) is 19.8 Å². The Bertz CT molecular complexity index is 1640. The fourth-order valence-electron chi connectivity index (χ4n) is 4.95. The van der Waals surface area contributed by atoms with Crippen molar-refractivity contribution in [3.8, 4) is 22.1 Å². The van der Waals surface area contributed by atoms with Crippen molar-refractivity contribution < 1.29 is 24.5 Å². The molecular weight excluding hydrogens is 524 g/mol. The number of phenols is 1. The molecular formula is C32H30N2O5S. The maximum absolute atomic E-state index is 14.1. The zero-order chi connectivity index (χ0) is 28.6. The highest BCUT2D eigenvalue weighted by molar-refractivity contribution is 7.17. The number of benzene rings is 3. The van der Waals surface area contributed by atoms with Gasteiger partial charge in [-0.1, -0.05) is 60.2 Å². The van der Waals surface area contributed by atoms with Gasteiger partial charge in [0.05, 0.1) is 28.8 Å². The number of ketones is 1. The lowest BCUT2D eigenvalue weighted by molar-refractivity contribution is -0.130. The monoisotopic (exact) mass is 554 g/mol. The maximum Gasteiger partial charge on any atom is 0.290 e. The summed E-state index contributed by atoms with van der Waals surface area (Å²) in [5.74, 6) is -1.49. The van der Waals surface area contributed by atoms with Gasteiger partial charge >= 0.3 is 0 Å². The number of aliphatic hydroxyl groups excluding tert-OH is 1. The number of Topliss-reactive ketones (excluding diaryl/α,β-unsaturated/α-hetero) is 1. The summed E-state index contributed by atoms with van der Waals surface area (Å²) in [6, 6.07) is 19.4. The van der Waals surface area contributed by atoms with Gasteiger partial charge in [-0.15, -0.1) is 11.3 Å². The van der Waals surface area contributed by atoms with E-state index in [1.165, 1.54) is 22.3 Å². The molecule has 0 bridgehead atoms. The SMILES string of the molecule is CCOc1cc(C2C(C(=O)c3sc(-c4ccccc4)nc3C)=C(O)C(=O)N2Cc2cc(C)ccc2C)ccc1O. The number of thiazole rings is 1. The van der Waals surface area contributed by atoms with Gasteiger partial charge in [-0.25, -0.2) is 4.98 Å². The van der Waals surface area contributed by atoms with E-state index in [1.807, 2.05) is 62.4 Å². The van der Waals surface area contributed by atoms with Crippen LogP contribution in [0.15, 0.2) is 78.1 Å². The van der Waals surface area contributed by atoms with E-state index < -0.39 is 23.5 Å². The van der Waals surface area contributed by atoms with Crippen LogP contribution in [0.2, 0.25) is 0 Å². The van der Waals surface area contributed by atoms with E-state index in [0.717, 1.165) is 22.3 Å². The third kappa shape index (κ3) is 4.98. The predicted molar refractivity (Wildman–Crippen MR) is 155 cm³/mol. The molecule has 7 nitrogen and oxygen atoms in total. The van der Waals surface area contributed by atoms with Crippen LogP contribution in [0.3, 0.4) is 0 Å². The Morgan fingerprint density at radius 3 is 2.50 bits per heavy atom. The zero-order valence-electron chi connectivity index (χ0n) is 22.8. The minimum absolute atomic E-state index is 0.0187. The number of hydrogen-bond donors (Lipinski definition) is 2. The third-order valence-electron chi connectivity index (χ3n) is 7.02. The van der Waals surface area contributed by atoms with Crippen LogP contribution in [-0.2, 0) is 11.3 Å². The Balaban J connectivity index is 1.62. The summed E-state index contributed by atoms with van der Waals surface area (Å²) in [6.45, 7) is 7.99. The molecule has 1 amide bonds. The van der Waals surface area contributed by atoms with Crippen LogP contribution < -0.4 is 4.74 Å². The Labute approximate surface area is 237 Å². The number of aromatic hydroxyl groups is 1. The number of carbonyl (C=O) groups is 2. The standard InChI is InChI=1S/C32H30N2O5S/c1-5-39-25-16-22(13-14-24(25)35)27-26(28(36)30-20(4)33-31(40-30)21-9-7-6-8-10-21)29(37)32(38)34(27)17-23-15-18(2)11-12-19(23)3/h6-16,27,35,37H,5,17H2,1-4H3. The van der Waals surface area contributed by atoms with Crippen LogP contribution in [0.5, 0.6) is 11.5 Å². The molecule has 1 aliphatic rings. The minimum atomic E-state index is -0.901. The molecule has 0 radical (unpaired) electrons. The molecule has 1 atom stereocenters. The van der Waals surface area contributed by atoms with Crippen molar-refractivity contribution in [2.24, 2.45) is 0 Å². The van der Waals surface area contributed by atoms with E-state index in [0.29, 0.717) is 27.7 Å². The molecule has 0 saturated heterocycles. The van der Waals surface area contributed by atoms with Gasteiger partial charge in [0.15, 0.2) is 17.3 Å². The van der Waals surface area contributed by atoms with Crippen LogP contribution in [0, 0.1) is 20.8 Å². The number of phenolic OH excluding ortho intramolecular Hbond substituents is 1. The summed E-state index contributed by atoms with van der Waals surface area (Å²) in [7, 11) is 0. The average Bonchev–Trinajstić information content (AvgIpc) is 3.45. The van der Waals surface area contributed by atoms with Gasteiger partial charge in [-0.2, -0.15) is 0 Å². The van der Waals surface area contributed by atoms with E-state index in [4.69, 9.17) is 4.74 Å². The van der Waals surface area contributed by atoms with Crippen molar-refractivity contribution in [3.63, 3.8) is 0 Å². The Hall–Kier alpha value is -4.43. The maximum atomic E-state index is 14.1. The molecule has 0 fully saturated rings. The molecule has 1 aromatic heterocycles. The lowest BCUT2D eigenvalue weighted by Crippen LogP contribution is -2.31. The highest BCUT2D eigenvalue weighted by Gasteiger charge is 2.45. The molecule has 3 aromatic carbocycles. The normalized spacial score (nSPS) is 15.2. The van der Waals surface area contributed by atoms with Gasteiger partial charge in [0.25, 0.3) is 5.91 Å². The van der Waals surface area contributed by atoms with E-state index in [-0.39, 0.29) is 23.6 Å². The second-order valence-electron chi connectivity index (χ2n) is 9.82. The van der Waals surface area contributed by atoms with E-state index >= 15 is 0 Å². The molecule has 8 heteroatoms. The predicted octanol–water partition coefficient (Wildman–Crippen LogP) is 6.62. The van der Waals surface area contributed by atoms with Gasteiger partial charge in [0.2, 0.25) is 5.78 Å². The van der Waals surface area contributed by atoms with Gasteiger partial charge in [0.1, 0.15) is 5.01 Å². The van der Waals surface area contributed by atoms with Crippen LogP contribution in [-0.4, -0.2) is 38.4 Å². The van der Waals surface area contributed by atoms with Gasteiger partial charge in [-0.3, -0.25) is 9.59 Å². The molecule has 204 valence electrons. The summed E-state index contributed by atoms with van der Waals surface area (Å²) in [4.78, 5) is 34.2. The summed E-state index contributed by atoms with van der Waals surface area (Å²) in [5.41, 5.74) is 4.85. The van der Waals surface area contributed by atoms with Crippen LogP contribution in [0.1, 0.15) is 50.6 Å². The van der Waals surface area contributed by atoms with Crippen LogP contribution >= 0.6 is 11.3 Å². The smallest absolute Gasteiger partial charge is 0.290 e. The minimum Gasteiger partial charge on any atom is -0.504 e. The van der Waals surface area contributed by atoms with Crippen molar-refractivity contribution in [1.29, 1.82) is 0 Å². The topological polar surface area (TPSA) is 100.0 Å². The second-order valence-corrected chi connectivity index (χ2v) is 10.8. The number of aliphatic hydroxyl groups is 1. The fraction of sp³-hybridized carbons (Fsp3) is 0.219. The Morgan fingerprint density at radius 2 is 1.77 bits per heavy atom. The molecule has 1 aliphatic heterocycles. The van der Waals surface area contributed by atoms with Crippen molar-refractivity contribution >= 4 is 23.0 Å². The average molecular weight is 555 g/mol. The van der Waals surface area contributed by atoms with Gasteiger partial charge in [0, 0.05) is 12.1 Å². The first-order valence-corrected chi connectivity index (χ1v) is 13.8. The first kappa shape index (κ1) is 27.1. The van der Waals surface area contributed by atoms with E-state index in [1.54, 1.807) is 26.0 Å². The van der Waals surface area contributed by atoms with Crippen molar-refractivity contribution in [2.75, 3.05) is 6.61 Å². The molecule has 0 aliphatic carbocycles.